The highest BCUT2D eigenvalue weighted by Crippen LogP contribution is 2.28. The summed E-state index contributed by atoms with van der Waals surface area (Å²) < 4.78 is 29.5. The van der Waals surface area contributed by atoms with Gasteiger partial charge in [0.25, 0.3) is 0 Å². The van der Waals surface area contributed by atoms with Crippen LogP contribution in [0.15, 0.2) is 23.1 Å². The summed E-state index contributed by atoms with van der Waals surface area (Å²) >= 11 is 1.56. The van der Waals surface area contributed by atoms with Crippen LogP contribution in [0, 0.1) is 0 Å². The number of nitrogens with zero attached hydrogens (tertiary/aromatic N) is 1. The molecule has 0 aromatic heterocycles. The first-order chi connectivity index (χ1) is 13.0. The Labute approximate surface area is 165 Å². The maximum atomic E-state index is 13.0. The summed E-state index contributed by atoms with van der Waals surface area (Å²) in [5.74, 6) is 0.653. The maximum absolute atomic E-state index is 13.0. The van der Waals surface area contributed by atoms with Crippen LogP contribution in [0.5, 0.6) is 0 Å². The largest absolute Gasteiger partial charge is 0.376 e. The van der Waals surface area contributed by atoms with Crippen LogP contribution < -0.4 is 0 Å². The standard InChI is InChI=1S/C20H27NO4S2/c22-20(13-26-19-7-6-15-3-1-4-16(15)11-19)21(12-18-5-2-9-25-18)17-8-10-27(23,24)14-17/h6-7,11,17-18H,1-5,8-10,12-14H2. The number of hydrogen-bond acceptors (Lipinski definition) is 5. The van der Waals surface area contributed by atoms with Crippen LogP contribution >= 0.6 is 11.8 Å². The van der Waals surface area contributed by atoms with Crippen molar-refractivity contribution in [3.05, 3.63) is 29.3 Å². The van der Waals surface area contributed by atoms with Crippen LogP contribution in [0.3, 0.4) is 0 Å². The van der Waals surface area contributed by atoms with Crippen LogP contribution in [0.2, 0.25) is 0 Å². The third kappa shape index (κ3) is 4.69. The fraction of sp³-hybridized carbons (Fsp3) is 0.650. The molecule has 7 heteroatoms. The highest BCUT2D eigenvalue weighted by atomic mass is 32.2. The minimum Gasteiger partial charge on any atom is -0.376 e. The van der Waals surface area contributed by atoms with Gasteiger partial charge < -0.3 is 9.64 Å². The Bertz CT molecular complexity index is 802. The summed E-state index contributed by atoms with van der Waals surface area (Å²) in [6, 6.07) is 6.30. The number of sulfone groups is 1. The first kappa shape index (κ1) is 19.3. The van der Waals surface area contributed by atoms with Gasteiger partial charge in [0, 0.05) is 24.1 Å². The van der Waals surface area contributed by atoms with Gasteiger partial charge in [-0.25, -0.2) is 8.42 Å². The number of amides is 1. The molecule has 0 saturated carbocycles. The number of benzene rings is 1. The van der Waals surface area contributed by atoms with E-state index in [0.29, 0.717) is 18.7 Å². The summed E-state index contributed by atoms with van der Waals surface area (Å²) in [5.41, 5.74) is 2.84. The minimum atomic E-state index is -3.02. The quantitative estimate of drug-likeness (QED) is 0.676. The molecular weight excluding hydrogens is 382 g/mol. The highest BCUT2D eigenvalue weighted by Gasteiger charge is 2.36. The zero-order valence-corrected chi connectivity index (χ0v) is 17.2. The number of carbonyl (C=O) groups excluding carboxylic acids is 1. The lowest BCUT2D eigenvalue weighted by molar-refractivity contribution is -0.131. The topological polar surface area (TPSA) is 63.7 Å². The van der Waals surface area contributed by atoms with Crippen LogP contribution in [0.1, 0.15) is 36.8 Å². The van der Waals surface area contributed by atoms with Gasteiger partial charge in [-0.05, 0) is 61.8 Å². The summed E-state index contributed by atoms with van der Waals surface area (Å²) in [6.45, 7) is 1.25. The van der Waals surface area contributed by atoms with E-state index < -0.39 is 9.84 Å². The van der Waals surface area contributed by atoms with E-state index in [2.05, 4.69) is 18.2 Å². The molecule has 0 N–H and O–H groups in total. The molecule has 2 heterocycles. The van der Waals surface area contributed by atoms with Gasteiger partial charge >= 0.3 is 0 Å². The second-order valence-electron chi connectivity index (χ2n) is 7.81. The van der Waals surface area contributed by atoms with Crippen molar-refractivity contribution < 1.29 is 17.9 Å². The molecule has 2 aliphatic heterocycles. The van der Waals surface area contributed by atoms with E-state index in [0.717, 1.165) is 37.2 Å². The van der Waals surface area contributed by atoms with E-state index in [-0.39, 0.29) is 29.6 Å². The second kappa shape index (κ2) is 8.13. The lowest BCUT2D eigenvalue weighted by Gasteiger charge is -2.30. The summed E-state index contributed by atoms with van der Waals surface area (Å²) in [7, 11) is -3.02. The van der Waals surface area contributed by atoms with E-state index in [4.69, 9.17) is 4.74 Å². The molecule has 1 aromatic rings. The third-order valence-corrected chi connectivity index (χ3v) is 8.56. The molecule has 3 aliphatic rings. The number of fused-ring (bicyclic) bond motifs is 1. The third-order valence-electron chi connectivity index (χ3n) is 5.83. The van der Waals surface area contributed by atoms with Gasteiger partial charge in [-0.15, -0.1) is 11.8 Å². The van der Waals surface area contributed by atoms with Crippen molar-refractivity contribution in [2.45, 2.75) is 55.6 Å². The van der Waals surface area contributed by atoms with Gasteiger partial charge in [0.2, 0.25) is 5.91 Å². The molecular formula is C20H27NO4S2. The molecule has 2 fully saturated rings. The normalized spacial score (nSPS) is 26.2. The Morgan fingerprint density at radius 1 is 1.19 bits per heavy atom. The Morgan fingerprint density at radius 2 is 2.04 bits per heavy atom. The average molecular weight is 410 g/mol. The van der Waals surface area contributed by atoms with Gasteiger partial charge in [-0.2, -0.15) is 0 Å². The molecule has 0 spiro atoms. The Morgan fingerprint density at radius 3 is 2.78 bits per heavy atom. The van der Waals surface area contributed by atoms with Crippen molar-refractivity contribution in [1.29, 1.82) is 0 Å². The number of aryl methyl sites for hydroxylation is 2. The molecule has 2 saturated heterocycles. The molecule has 0 bridgehead atoms. The van der Waals surface area contributed by atoms with E-state index in [1.807, 2.05) is 0 Å². The lowest BCUT2D eigenvalue weighted by atomic mass is 10.1. The molecule has 5 nitrogen and oxygen atoms in total. The Kier molecular flexibility index (Phi) is 5.81. The molecule has 1 aromatic carbocycles. The summed E-state index contributed by atoms with van der Waals surface area (Å²) in [5, 5.41) is 0. The first-order valence-corrected chi connectivity index (χ1v) is 12.7. The smallest absolute Gasteiger partial charge is 0.233 e. The number of hydrogen-bond donors (Lipinski definition) is 0. The van der Waals surface area contributed by atoms with Gasteiger partial charge in [0.15, 0.2) is 9.84 Å². The van der Waals surface area contributed by atoms with Crippen molar-refractivity contribution in [2.24, 2.45) is 0 Å². The highest BCUT2D eigenvalue weighted by molar-refractivity contribution is 8.00. The van der Waals surface area contributed by atoms with E-state index in [9.17, 15) is 13.2 Å². The van der Waals surface area contributed by atoms with Crippen molar-refractivity contribution in [3.63, 3.8) is 0 Å². The van der Waals surface area contributed by atoms with E-state index >= 15 is 0 Å². The van der Waals surface area contributed by atoms with Gasteiger partial charge in [-0.3, -0.25) is 4.79 Å². The van der Waals surface area contributed by atoms with E-state index in [1.165, 1.54) is 17.5 Å². The van der Waals surface area contributed by atoms with Crippen molar-refractivity contribution in [3.8, 4) is 0 Å². The van der Waals surface area contributed by atoms with Crippen LogP contribution in [-0.4, -0.2) is 61.8 Å². The molecule has 0 radical (unpaired) electrons. The van der Waals surface area contributed by atoms with Gasteiger partial charge in [-0.1, -0.05) is 6.07 Å². The average Bonchev–Trinajstić information content (AvgIpc) is 3.38. The zero-order chi connectivity index (χ0) is 18.9. The number of rotatable bonds is 6. The minimum absolute atomic E-state index is 0.0260. The van der Waals surface area contributed by atoms with E-state index in [1.54, 1.807) is 16.7 Å². The molecule has 2 atom stereocenters. The molecule has 27 heavy (non-hydrogen) atoms. The monoisotopic (exact) mass is 409 g/mol. The van der Waals surface area contributed by atoms with Gasteiger partial charge in [0.1, 0.15) is 0 Å². The number of ether oxygens (including phenoxy) is 1. The SMILES string of the molecule is O=C(CSc1ccc2c(c1)CCC2)N(CC1CCCO1)C1CCS(=O)(=O)C1. The Balaban J connectivity index is 1.41. The molecule has 4 rings (SSSR count). The van der Waals surface area contributed by atoms with Crippen molar-refractivity contribution in [1.82, 2.24) is 4.90 Å². The number of thioether (sulfide) groups is 1. The van der Waals surface area contributed by atoms with Gasteiger partial charge in [0.05, 0.1) is 23.4 Å². The molecule has 1 aliphatic carbocycles. The number of carbonyl (C=O) groups is 1. The predicted molar refractivity (Wildman–Crippen MR) is 107 cm³/mol. The molecule has 2 unspecified atom stereocenters. The van der Waals surface area contributed by atoms with Crippen molar-refractivity contribution >= 4 is 27.5 Å². The van der Waals surface area contributed by atoms with Crippen LogP contribution in [0.25, 0.3) is 0 Å². The maximum Gasteiger partial charge on any atom is 0.233 e. The fourth-order valence-electron chi connectivity index (χ4n) is 4.35. The summed E-state index contributed by atoms with van der Waals surface area (Å²) in [4.78, 5) is 15.9. The van der Waals surface area contributed by atoms with Crippen LogP contribution in [-0.2, 0) is 32.2 Å². The molecule has 148 valence electrons. The first-order valence-electron chi connectivity index (χ1n) is 9.86. The Hall–Kier alpha value is -1.05. The molecule has 1 amide bonds. The zero-order valence-electron chi connectivity index (χ0n) is 15.6. The fourth-order valence-corrected chi connectivity index (χ4v) is 6.93. The van der Waals surface area contributed by atoms with Crippen LogP contribution in [0.4, 0.5) is 0 Å². The summed E-state index contributed by atoms with van der Waals surface area (Å²) in [6.07, 6.45) is 6.05. The van der Waals surface area contributed by atoms with Crippen molar-refractivity contribution in [2.75, 3.05) is 30.4 Å². The second-order valence-corrected chi connectivity index (χ2v) is 11.1. The lowest BCUT2D eigenvalue weighted by Crippen LogP contribution is -2.46. The predicted octanol–water partition coefficient (Wildman–Crippen LogP) is 2.46.